The Morgan fingerprint density at radius 2 is 2.27 bits per heavy atom. The van der Waals surface area contributed by atoms with Gasteiger partial charge in [-0.15, -0.1) is 0 Å². The van der Waals surface area contributed by atoms with E-state index >= 15 is 0 Å². The smallest absolute Gasteiger partial charge is 0.315 e. The van der Waals surface area contributed by atoms with Gasteiger partial charge in [-0.25, -0.2) is 0 Å². The highest BCUT2D eigenvalue weighted by molar-refractivity contribution is 6.05. The van der Waals surface area contributed by atoms with E-state index in [0.29, 0.717) is 13.0 Å². The Bertz CT molecular complexity index is 645. The maximum absolute atomic E-state index is 12.8. The summed E-state index contributed by atoms with van der Waals surface area (Å²) >= 11 is 0. The molecule has 116 valence electrons. The molecule has 3 heterocycles. The predicted octanol–water partition coefficient (Wildman–Crippen LogP) is 0.464. The molecule has 3 aliphatic rings. The second kappa shape index (κ2) is 4.81. The van der Waals surface area contributed by atoms with Gasteiger partial charge in [0.25, 0.3) is 5.91 Å². The lowest BCUT2D eigenvalue weighted by Crippen LogP contribution is -3.19. The van der Waals surface area contributed by atoms with Crippen LogP contribution in [0.1, 0.15) is 31.7 Å². The van der Waals surface area contributed by atoms with Crippen molar-refractivity contribution in [1.29, 1.82) is 0 Å². The molecule has 0 aliphatic carbocycles. The van der Waals surface area contributed by atoms with Crippen LogP contribution in [0.2, 0.25) is 0 Å². The van der Waals surface area contributed by atoms with Gasteiger partial charge in [-0.05, 0) is 13.0 Å². The Labute approximate surface area is 129 Å². The van der Waals surface area contributed by atoms with Crippen molar-refractivity contribution in [3.05, 3.63) is 29.8 Å². The summed E-state index contributed by atoms with van der Waals surface area (Å²) in [7, 11) is 0. The van der Waals surface area contributed by atoms with Crippen LogP contribution in [0.5, 0.6) is 0 Å². The molecule has 5 nitrogen and oxygen atoms in total. The summed E-state index contributed by atoms with van der Waals surface area (Å²) in [6.45, 7) is 3.18. The Balaban J connectivity index is 1.79. The third-order valence-corrected chi connectivity index (χ3v) is 5.58. The maximum atomic E-state index is 12.8. The Morgan fingerprint density at radius 3 is 3.09 bits per heavy atom. The lowest BCUT2D eigenvalue weighted by molar-refractivity contribution is -0.947. The average molecular weight is 301 g/mol. The van der Waals surface area contributed by atoms with Gasteiger partial charge in [0.2, 0.25) is 5.54 Å². The average Bonchev–Trinajstić information content (AvgIpc) is 3.16. The fourth-order valence-corrected chi connectivity index (χ4v) is 4.78. The number of esters is 1. The largest absolute Gasteiger partial charge is 0.466 e. The van der Waals surface area contributed by atoms with Gasteiger partial charge in [-0.1, -0.05) is 18.2 Å². The van der Waals surface area contributed by atoms with E-state index in [2.05, 4.69) is 5.32 Å². The van der Waals surface area contributed by atoms with Gasteiger partial charge in [0, 0.05) is 24.8 Å². The minimum absolute atomic E-state index is 0.0439. The molecule has 4 atom stereocenters. The lowest BCUT2D eigenvalue weighted by atomic mass is 9.84. The number of carbonyl (C=O) groups is 2. The summed E-state index contributed by atoms with van der Waals surface area (Å²) < 4.78 is 5.28. The van der Waals surface area contributed by atoms with Crippen molar-refractivity contribution in [2.75, 3.05) is 18.5 Å². The second-order valence-electron chi connectivity index (χ2n) is 6.49. The van der Waals surface area contributed by atoms with E-state index in [1.54, 1.807) is 0 Å². The molecule has 5 heteroatoms. The molecule has 1 unspecified atom stereocenters. The zero-order valence-corrected chi connectivity index (χ0v) is 12.7. The zero-order chi connectivity index (χ0) is 15.3. The molecule has 0 aromatic heterocycles. The van der Waals surface area contributed by atoms with Crippen LogP contribution in [0.25, 0.3) is 0 Å². The molecule has 0 bridgehead atoms. The van der Waals surface area contributed by atoms with Crippen LogP contribution in [0.15, 0.2) is 24.3 Å². The molecule has 1 spiro atoms. The van der Waals surface area contributed by atoms with Crippen molar-refractivity contribution in [3.63, 3.8) is 0 Å². The van der Waals surface area contributed by atoms with E-state index in [1.807, 2.05) is 31.2 Å². The molecular formula is C17H21N2O3+. The molecule has 1 amide bonds. The summed E-state index contributed by atoms with van der Waals surface area (Å²) in [5, 5.41) is 3.02. The first-order valence-electron chi connectivity index (χ1n) is 8.12. The third kappa shape index (κ3) is 1.63. The fraction of sp³-hybridized carbons (Fsp3) is 0.529. The topological polar surface area (TPSA) is 59.8 Å². The SMILES string of the molecule is CCOC(=O)[C@H]1C[C@]2(C(=O)Nc3ccccc32)[NH+]2CCC[C@@H]12. The number of hydrogen-bond acceptors (Lipinski definition) is 3. The van der Waals surface area contributed by atoms with E-state index in [9.17, 15) is 9.59 Å². The number of fused-ring (bicyclic) bond motifs is 4. The summed E-state index contributed by atoms with van der Waals surface area (Å²) in [5.41, 5.74) is 1.35. The third-order valence-electron chi connectivity index (χ3n) is 5.58. The lowest BCUT2D eigenvalue weighted by Gasteiger charge is -2.29. The normalized spacial score (nSPS) is 35.3. The molecule has 1 aromatic rings. The Kier molecular flexibility index (Phi) is 3.01. The Morgan fingerprint density at radius 1 is 1.45 bits per heavy atom. The predicted molar refractivity (Wildman–Crippen MR) is 80.3 cm³/mol. The van der Waals surface area contributed by atoms with Crippen LogP contribution in [0, 0.1) is 5.92 Å². The van der Waals surface area contributed by atoms with Crippen LogP contribution in [0.3, 0.4) is 0 Å². The van der Waals surface area contributed by atoms with E-state index < -0.39 is 5.54 Å². The standard InChI is InChI=1S/C17H20N2O3/c1-2-22-15(20)11-10-17(19-9-5-8-14(11)19)12-6-3-4-7-13(12)18-16(17)21/h3-4,6-7,11,14H,2,5,8-10H2,1H3,(H,18,21)/p+1/t11-,14-,17-/m0/s1. The number of amides is 1. The Hall–Kier alpha value is -1.88. The first-order valence-corrected chi connectivity index (χ1v) is 8.12. The zero-order valence-electron chi connectivity index (χ0n) is 12.7. The van der Waals surface area contributed by atoms with Crippen LogP contribution in [0.4, 0.5) is 5.69 Å². The second-order valence-corrected chi connectivity index (χ2v) is 6.49. The van der Waals surface area contributed by atoms with Gasteiger partial charge in [0.15, 0.2) is 0 Å². The number of anilines is 1. The van der Waals surface area contributed by atoms with E-state index in [0.717, 1.165) is 30.6 Å². The summed E-state index contributed by atoms with van der Waals surface area (Å²) in [5.74, 6) is -0.266. The van der Waals surface area contributed by atoms with Gasteiger partial charge in [0.1, 0.15) is 12.0 Å². The number of rotatable bonds is 2. The van der Waals surface area contributed by atoms with Crippen molar-refractivity contribution in [3.8, 4) is 0 Å². The van der Waals surface area contributed by atoms with Gasteiger partial charge in [-0.2, -0.15) is 0 Å². The molecular weight excluding hydrogens is 280 g/mol. The number of hydrogen-bond donors (Lipinski definition) is 2. The van der Waals surface area contributed by atoms with Gasteiger partial charge >= 0.3 is 5.97 Å². The summed E-state index contributed by atoms with van der Waals surface area (Å²) in [6, 6.07) is 8.10. The van der Waals surface area contributed by atoms with E-state index in [-0.39, 0.29) is 23.8 Å². The van der Waals surface area contributed by atoms with Crippen LogP contribution in [-0.4, -0.2) is 31.1 Å². The van der Waals surface area contributed by atoms with Gasteiger partial charge < -0.3 is 15.0 Å². The number of para-hydroxylation sites is 1. The molecule has 2 fully saturated rings. The minimum atomic E-state index is -0.602. The van der Waals surface area contributed by atoms with Crippen molar-refractivity contribution in [2.24, 2.45) is 5.92 Å². The van der Waals surface area contributed by atoms with Gasteiger partial charge in [0.05, 0.1) is 18.8 Å². The molecule has 2 N–H and O–H groups in total. The molecule has 1 aromatic carbocycles. The van der Waals surface area contributed by atoms with Crippen molar-refractivity contribution in [2.45, 2.75) is 37.8 Å². The number of nitrogens with one attached hydrogen (secondary N) is 2. The van der Waals surface area contributed by atoms with Crippen molar-refractivity contribution in [1.82, 2.24) is 0 Å². The van der Waals surface area contributed by atoms with E-state index in [4.69, 9.17) is 4.74 Å². The highest BCUT2D eigenvalue weighted by Crippen LogP contribution is 2.44. The molecule has 4 rings (SSSR count). The van der Waals surface area contributed by atoms with Crippen LogP contribution >= 0.6 is 0 Å². The van der Waals surface area contributed by atoms with E-state index in [1.165, 1.54) is 4.90 Å². The quantitative estimate of drug-likeness (QED) is 0.781. The first-order chi connectivity index (χ1) is 10.7. The summed E-state index contributed by atoms with van der Waals surface area (Å²) in [4.78, 5) is 26.5. The molecule has 3 aliphatic heterocycles. The number of carbonyl (C=O) groups excluding carboxylic acids is 2. The van der Waals surface area contributed by atoms with Crippen LogP contribution in [-0.2, 0) is 19.9 Å². The highest BCUT2D eigenvalue weighted by Gasteiger charge is 2.67. The van der Waals surface area contributed by atoms with Gasteiger partial charge in [-0.3, -0.25) is 9.59 Å². The minimum Gasteiger partial charge on any atom is -0.466 e. The highest BCUT2D eigenvalue weighted by atomic mass is 16.5. The monoisotopic (exact) mass is 301 g/mol. The molecule has 2 saturated heterocycles. The maximum Gasteiger partial charge on any atom is 0.315 e. The first kappa shape index (κ1) is 13.8. The van der Waals surface area contributed by atoms with Crippen molar-refractivity contribution < 1.29 is 19.2 Å². The molecule has 0 radical (unpaired) electrons. The molecule has 22 heavy (non-hydrogen) atoms. The number of benzene rings is 1. The van der Waals surface area contributed by atoms with Crippen LogP contribution < -0.4 is 10.2 Å². The summed E-state index contributed by atoms with van der Waals surface area (Å²) in [6.07, 6.45) is 2.62. The number of quaternary nitrogens is 1. The fourth-order valence-electron chi connectivity index (χ4n) is 4.78. The number of ether oxygens (including phenoxy) is 1. The molecule has 0 saturated carbocycles. The van der Waals surface area contributed by atoms with Crippen molar-refractivity contribution >= 4 is 17.6 Å².